The van der Waals surface area contributed by atoms with Crippen LogP contribution in [0, 0.1) is 13.8 Å². The molecule has 1 aliphatic rings. The summed E-state index contributed by atoms with van der Waals surface area (Å²) in [5.41, 5.74) is 2.97. The molecule has 1 atom stereocenters. The third-order valence-electron chi connectivity index (χ3n) is 6.04. The number of carbonyl (C=O) groups excluding carboxylic acids is 1. The Morgan fingerprint density at radius 1 is 1.18 bits per heavy atom. The molecular formula is C28H25BrN4O5S2. The lowest BCUT2D eigenvalue weighted by molar-refractivity contribution is -0.139. The van der Waals surface area contributed by atoms with E-state index in [1.165, 1.54) is 27.7 Å². The molecule has 0 fully saturated rings. The van der Waals surface area contributed by atoms with Gasteiger partial charge in [0.1, 0.15) is 11.5 Å². The highest BCUT2D eigenvalue weighted by molar-refractivity contribution is 9.10. The molecule has 12 heteroatoms. The van der Waals surface area contributed by atoms with E-state index in [1.54, 1.807) is 39.2 Å². The van der Waals surface area contributed by atoms with Gasteiger partial charge in [-0.1, -0.05) is 17.4 Å². The number of hydrogen-bond acceptors (Lipinski definition) is 10. The third kappa shape index (κ3) is 5.56. The highest BCUT2D eigenvalue weighted by atomic mass is 79.9. The van der Waals surface area contributed by atoms with Crippen molar-refractivity contribution in [3.05, 3.63) is 94.5 Å². The van der Waals surface area contributed by atoms with E-state index in [9.17, 15) is 9.59 Å². The van der Waals surface area contributed by atoms with Crippen LogP contribution in [0.15, 0.2) is 76.6 Å². The second kappa shape index (κ2) is 11.6. The van der Waals surface area contributed by atoms with Crippen molar-refractivity contribution in [2.45, 2.75) is 44.0 Å². The number of nitrogens with zero attached hydrogens (tertiary/aromatic N) is 4. The highest BCUT2D eigenvalue weighted by Crippen LogP contribution is 2.35. The Balaban J connectivity index is 1.58. The van der Waals surface area contributed by atoms with E-state index in [0.29, 0.717) is 52.4 Å². The molecule has 0 amide bonds. The molecule has 0 N–H and O–H groups in total. The minimum Gasteiger partial charge on any atom is -0.496 e. The molecule has 0 saturated heterocycles. The van der Waals surface area contributed by atoms with Gasteiger partial charge in [0.05, 0.1) is 40.0 Å². The van der Waals surface area contributed by atoms with Gasteiger partial charge in [0.25, 0.3) is 5.56 Å². The first-order valence-corrected chi connectivity index (χ1v) is 14.7. The SMILES string of the molecule is CCOC(=O)C1=C(C)N=c2s/c(=C/c3ccc(Sc4nc(C)cc(C)n4)o3)c(=O)n2[C@H]1c1ccc(OC)c(Br)c1. The van der Waals surface area contributed by atoms with Crippen molar-refractivity contribution in [2.75, 3.05) is 13.7 Å². The zero-order chi connectivity index (χ0) is 28.6. The number of benzene rings is 1. The Hall–Kier alpha value is -3.48. The normalized spacial score (nSPS) is 15.2. The van der Waals surface area contributed by atoms with Gasteiger partial charge in [0, 0.05) is 17.5 Å². The maximum absolute atomic E-state index is 13.8. The predicted molar refractivity (Wildman–Crippen MR) is 155 cm³/mol. The predicted octanol–water partition coefficient (Wildman–Crippen LogP) is 4.72. The summed E-state index contributed by atoms with van der Waals surface area (Å²) in [6.07, 6.45) is 1.68. The number of furan rings is 1. The fourth-order valence-electron chi connectivity index (χ4n) is 4.38. The lowest BCUT2D eigenvalue weighted by Crippen LogP contribution is -2.39. The van der Waals surface area contributed by atoms with Gasteiger partial charge in [-0.25, -0.2) is 19.8 Å². The maximum Gasteiger partial charge on any atom is 0.338 e. The molecule has 9 nitrogen and oxygen atoms in total. The molecule has 0 bridgehead atoms. The van der Waals surface area contributed by atoms with Crippen LogP contribution in [-0.2, 0) is 9.53 Å². The van der Waals surface area contributed by atoms with Gasteiger partial charge in [0.2, 0.25) is 0 Å². The molecule has 0 radical (unpaired) electrons. The minimum atomic E-state index is -0.732. The van der Waals surface area contributed by atoms with Crippen molar-refractivity contribution in [3.63, 3.8) is 0 Å². The Morgan fingerprint density at radius 3 is 2.60 bits per heavy atom. The first kappa shape index (κ1) is 28.1. The first-order chi connectivity index (χ1) is 19.2. The summed E-state index contributed by atoms with van der Waals surface area (Å²) in [4.78, 5) is 40.9. The summed E-state index contributed by atoms with van der Waals surface area (Å²) >= 11 is 6.06. The van der Waals surface area contributed by atoms with Gasteiger partial charge in [0.15, 0.2) is 15.1 Å². The number of methoxy groups -OCH3 is 1. The van der Waals surface area contributed by atoms with E-state index in [-0.39, 0.29) is 12.2 Å². The van der Waals surface area contributed by atoms with E-state index in [2.05, 4.69) is 30.9 Å². The molecule has 0 unspecified atom stereocenters. The number of halogens is 1. The van der Waals surface area contributed by atoms with Crippen LogP contribution in [-0.4, -0.2) is 34.2 Å². The first-order valence-electron chi connectivity index (χ1n) is 12.3. The second-order valence-corrected chi connectivity index (χ2v) is 11.7. The maximum atomic E-state index is 13.8. The van der Waals surface area contributed by atoms with E-state index in [4.69, 9.17) is 13.9 Å². The summed E-state index contributed by atoms with van der Waals surface area (Å²) in [5.74, 6) is 0.616. The molecule has 206 valence electrons. The number of rotatable bonds is 7. The van der Waals surface area contributed by atoms with Crippen LogP contribution in [0.5, 0.6) is 5.75 Å². The van der Waals surface area contributed by atoms with Crippen molar-refractivity contribution in [3.8, 4) is 5.75 Å². The number of allylic oxidation sites excluding steroid dienone is 1. The Kier molecular flexibility index (Phi) is 8.11. The standard InChI is InChI=1S/C28H25BrN4O5S2/c1-6-37-26(35)23-16(4)32-28-33(24(23)17-7-9-20(36-5)19(29)12-17)25(34)21(39-28)13-18-8-10-22(38-18)40-27-30-14(2)11-15(3)31-27/h7-13,24H,6H2,1-5H3/b21-13+/t24-/m0/s1. The Labute approximate surface area is 246 Å². The summed E-state index contributed by atoms with van der Waals surface area (Å²) in [6, 6.07) is 10.2. The molecule has 0 saturated carbocycles. The van der Waals surface area contributed by atoms with E-state index < -0.39 is 12.0 Å². The van der Waals surface area contributed by atoms with Crippen LogP contribution in [0.3, 0.4) is 0 Å². The molecule has 1 aliphatic heterocycles. The van der Waals surface area contributed by atoms with Gasteiger partial charge in [-0.15, -0.1) is 0 Å². The third-order valence-corrected chi connectivity index (χ3v) is 8.43. The number of carbonyl (C=O) groups is 1. The zero-order valence-electron chi connectivity index (χ0n) is 22.4. The van der Waals surface area contributed by atoms with E-state index >= 15 is 0 Å². The summed E-state index contributed by atoms with van der Waals surface area (Å²) in [7, 11) is 1.57. The quantitative estimate of drug-likeness (QED) is 0.211. The van der Waals surface area contributed by atoms with Crippen LogP contribution in [0.25, 0.3) is 6.08 Å². The monoisotopic (exact) mass is 640 g/mol. The van der Waals surface area contributed by atoms with Gasteiger partial charge in [-0.3, -0.25) is 9.36 Å². The van der Waals surface area contributed by atoms with Crippen LogP contribution < -0.4 is 19.6 Å². The molecule has 1 aromatic carbocycles. The van der Waals surface area contributed by atoms with E-state index in [0.717, 1.165) is 11.4 Å². The van der Waals surface area contributed by atoms with Crippen molar-refractivity contribution < 1.29 is 18.7 Å². The number of fused-ring (bicyclic) bond motifs is 1. The Morgan fingerprint density at radius 2 is 1.93 bits per heavy atom. The molecule has 4 heterocycles. The minimum absolute atomic E-state index is 0.199. The molecule has 0 spiro atoms. The van der Waals surface area contributed by atoms with Crippen LogP contribution in [0.4, 0.5) is 0 Å². The molecule has 4 aromatic rings. The molecule has 0 aliphatic carbocycles. The van der Waals surface area contributed by atoms with Crippen molar-refractivity contribution in [1.82, 2.24) is 14.5 Å². The summed E-state index contributed by atoms with van der Waals surface area (Å²) in [6.45, 7) is 7.52. The molecule has 5 rings (SSSR count). The number of ether oxygens (including phenoxy) is 2. The number of thiazole rings is 1. The average molecular weight is 642 g/mol. The molecule has 40 heavy (non-hydrogen) atoms. The lowest BCUT2D eigenvalue weighted by atomic mass is 9.96. The van der Waals surface area contributed by atoms with E-state index in [1.807, 2.05) is 38.1 Å². The largest absolute Gasteiger partial charge is 0.496 e. The summed E-state index contributed by atoms with van der Waals surface area (Å²) in [5, 5.41) is 1.19. The van der Waals surface area contributed by atoms with Gasteiger partial charge in [-0.05, 0) is 91.3 Å². The summed E-state index contributed by atoms with van der Waals surface area (Å²) < 4.78 is 19.4. The number of aromatic nitrogens is 3. The van der Waals surface area contributed by atoms with Gasteiger partial charge >= 0.3 is 5.97 Å². The van der Waals surface area contributed by atoms with Crippen LogP contribution >= 0.6 is 39.0 Å². The number of hydrogen-bond donors (Lipinski definition) is 0. The van der Waals surface area contributed by atoms with Crippen molar-refractivity contribution >= 4 is 51.1 Å². The fraction of sp³-hybridized carbons (Fsp3) is 0.250. The van der Waals surface area contributed by atoms with Crippen LogP contribution in [0.2, 0.25) is 0 Å². The highest BCUT2D eigenvalue weighted by Gasteiger charge is 2.33. The van der Waals surface area contributed by atoms with Gasteiger partial charge in [-0.2, -0.15) is 0 Å². The zero-order valence-corrected chi connectivity index (χ0v) is 25.6. The number of esters is 1. The van der Waals surface area contributed by atoms with Crippen molar-refractivity contribution in [1.29, 1.82) is 0 Å². The average Bonchev–Trinajstić information content (AvgIpc) is 3.45. The Bertz CT molecular complexity index is 1820. The second-order valence-electron chi connectivity index (χ2n) is 8.89. The fourth-order valence-corrected chi connectivity index (χ4v) is 6.80. The molecule has 3 aromatic heterocycles. The van der Waals surface area contributed by atoms with Crippen LogP contribution in [0.1, 0.15) is 42.6 Å². The topological polar surface area (TPSA) is 109 Å². The van der Waals surface area contributed by atoms with Gasteiger partial charge < -0.3 is 13.9 Å². The lowest BCUT2D eigenvalue weighted by Gasteiger charge is -2.25. The smallest absolute Gasteiger partial charge is 0.338 e. The molecular weight excluding hydrogens is 616 g/mol. The van der Waals surface area contributed by atoms with Crippen molar-refractivity contribution in [2.24, 2.45) is 4.99 Å². The number of aryl methyl sites for hydroxylation is 2.